The molecule has 3 fully saturated rings. The Kier molecular flexibility index (Phi) is 4.92. The molecule has 1 aliphatic heterocycles. The molecule has 2 N–H and O–H groups in total. The minimum atomic E-state index is -1.23. The smallest absolute Gasteiger partial charge is 0.333 e. The predicted molar refractivity (Wildman–Crippen MR) is 107 cm³/mol. The monoisotopic (exact) mass is 422 g/mol. The Morgan fingerprint density at radius 1 is 1.30 bits per heavy atom. The van der Waals surface area contributed by atoms with Gasteiger partial charge in [-0.1, -0.05) is 20.8 Å². The molecule has 0 spiro atoms. The molecule has 4 aliphatic rings. The number of methoxy groups -OCH3 is 1. The van der Waals surface area contributed by atoms with E-state index >= 15 is 0 Å². The molecule has 0 aromatic heterocycles. The second-order valence-electron chi connectivity index (χ2n) is 10.3. The molecule has 0 unspecified atom stereocenters. The summed E-state index contributed by atoms with van der Waals surface area (Å²) in [6.45, 7) is 7.25. The minimum Gasteiger partial charge on any atom is -0.462 e. The number of aliphatic hydroxyl groups is 2. The first kappa shape index (κ1) is 21.8. The van der Waals surface area contributed by atoms with Gasteiger partial charge in [0.25, 0.3) is 0 Å². The maximum atomic E-state index is 12.2. The largest absolute Gasteiger partial charge is 0.462 e. The molecule has 8 atom stereocenters. The Balaban J connectivity index is 1.86. The SMILES string of the molecule is CO[C@@]12C[C@H]3[C@@H](CC[C@@]4(O)[C@@](C)(CO)CC[C@H](OC(C)=O)[C@]34C)[C@@H](C)C1=CC(=O)O2. The van der Waals surface area contributed by atoms with Crippen molar-refractivity contribution < 1.29 is 34.0 Å². The first-order chi connectivity index (χ1) is 14.0. The number of carbonyl (C=O) groups excluding carboxylic acids is 2. The molecule has 4 rings (SSSR count). The summed E-state index contributed by atoms with van der Waals surface area (Å²) in [4.78, 5) is 24.2. The summed E-state index contributed by atoms with van der Waals surface area (Å²) in [5.74, 6) is -1.85. The zero-order valence-corrected chi connectivity index (χ0v) is 18.6. The minimum absolute atomic E-state index is 0.0248. The number of carbonyl (C=O) groups is 2. The lowest BCUT2D eigenvalue weighted by Gasteiger charge is -2.68. The third-order valence-electron chi connectivity index (χ3n) is 9.23. The van der Waals surface area contributed by atoms with E-state index in [9.17, 15) is 19.8 Å². The van der Waals surface area contributed by atoms with Gasteiger partial charge in [0.2, 0.25) is 5.79 Å². The molecule has 30 heavy (non-hydrogen) atoms. The van der Waals surface area contributed by atoms with E-state index in [-0.39, 0.29) is 30.3 Å². The average molecular weight is 423 g/mol. The zero-order chi connectivity index (χ0) is 22.1. The first-order valence-corrected chi connectivity index (χ1v) is 11.0. The van der Waals surface area contributed by atoms with Gasteiger partial charge in [-0.05, 0) is 43.4 Å². The van der Waals surface area contributed by atoms with Crippen molar-refractivity contribution in [3.05, 3.63) is 11.6 Å². The van der Waals surface area contributed by atoms with Crippen LogP contribution in [0.5, 0.6) is 0 Å². The second kappa shape index (κ2) is 6.78. The maximum Gasteiger partial charge on any atom is 0.333 e. The Morgan fingerprint density at radius 2 is 2.00 bits per heavy atom. The van der Waals surface area contributed by atoms with Crippen molar-refractivity contribution in [1.82, 2.24) is 0 Å². The van der Waals surface area contributed by atoms with Crippen molar-refractivity contribution in [3.8, 4) is 0 Å². The topological polar surface area (TPSA) is 102 Å². The fourth-order valence-corrected chi connectivity index (χ4v) is 7.45. The standard InChI is InChI=1S/C23H34O7/c1-13-15-6-9-23(27)20(3,12-24)8-7-18(29-14(2)25)21(23,4)17(15)11-22(28-5)16(13)10-19(26)30-22/h10,13,15,17-18,24,27H,6-9,11-12H2,1-5H3/t13-,15+,17+,18+,20-,21+,22-,23-/m1/s1. The van der Waals surface area contributed by atoms with E-state index in [0.717, 1.165) is 12.0 Å². The van der Waals surface area contributed by atoms with Gasteiger partial charge in [0.15, 0.2) is 0 Å². The molecule has 1 heterocycles. The molecule has 168 valence electrons. The van der Waals surface area contributed by atoms with Gasteiger partial charge in [0.1, 0.15) is 6.10 Å². The number of hydrogen-bond acceptors (Lipinski definition) is 7. The molecule has 7 heteroatoms. The molecule has 0 amide bonds. The second-order valence-corrected chi connectivity index (χ2v) is 10.3. The molecule has 3 saturated carbocycles. The zero-order valence-electron chi connectivity index (χ0n) is 18.6. The Hall–Kier alpha value is -1.44. The van der Waals surface area contributed by atoms with Crippen molar-refractivity contribution in [3.63, 3.8) is 0 Å². The van der Waals surface area contributed by atoms with Crippen molar-refractivity contribution >= 4 is 11.9 Å². The van der Waals surface area contributed by atoms with Gasteiger partial charge in [-0.2, -0.15) is 0 Å². The normalized spacial score (nSPS) is 50.0. The van der Waals surface area contributed by atoms with Gasteiger partial charge in [-0.25, -0.2) is 4.79 Å². The molecule has 0 bridgehead atoms. The van der Waals surface area contributed by atoms with Crippen LogP contribution in [0, 0.1) is 28.6 Å². The van der Waals surface area contributed by atoms with Crippen LogP contribution >= 0.6 is 0 Å². The Morgan fingerprint density at radius 3 is 2.60 bits per heavy atom. The van der Waals surface area contributed by atoms with Crippen LogP contribution in [0.4, 0.5) is 0 Å². The summed E-state index contributed by atoms with van der Waals surface area (Å²) in [6.07, 6.45) is 3.85. The molecule has 7 nitrogen and oxygen atoms in total. The van der Waals surface area contributed by atoms with Crippen molar-refractivity contribution in [1.29, 1.82) is 0 Å². The number of aliphatic hydroxyl groups excluding tert-OH is 1. The van der Waals surface area contributed by atoms with E-state index in [1.807, 2.05) is 13.8 Å². The Labute approximate surface area is 177 Å². The highest BCUT2D eigenvalue weighted by atomic mass is 16.7. The van der Waals surface area contributed by atoms with E-state index in [1.165, 1.54) is 6.92 Å². The van der Waals surface area contributed by atoms with Gasteiger partial charge >= 0.3 is 11.9 Å². The average Bonchev–Trinajstić information content (AvgIpc) is 3.04. The van der Waals surface area contributed by atoms with Crippen LogP contribution in [0.2, 0.25) is 0 Å². The van der Waals surface area contributed by atoms with Crippen LogP contribution in [0.15, 0.2) is 11.6 Å². The van der Waals surface area contributed by atoms with Crippen LogP contribution in [0.3, 0.4) is 0 Å². The summed E-state index contributed by atoms with van der Waals surface area (Å²) >= 11 is 0. The van der Waals surface area contributed by atoms with Crippen LogP contribution in [-0.2, 0) is 23.8 Å². The molecular weight excluding hydrogens is 388 g/mol. The highest BCUT2D eigenvalue weighted by Crippen LogP contribution is 2.69. The molecule has 3 aliphatic carbocycles. The molecule has 0 aromatic rings. The van der Waals surface area contributed by atoms with Gasteiger partial charge in [-0.15, -0.1) is 0 Å². The number of esters is 2. The quantitative estimate of drug-likeness (QED) is 0.673. The summed E-state index contributed by atoms with van der Waals surface area (Å²) in [5, 5.41) is 22.5. The lowest BCUT2D eigenvalue weighted by molar-refractivity contribution is -0.308. The highest BCUT2D eigenvalue weighted by molar-refractivity contribution is 5.86. The lowest BCUT2D eigenvalue weighted by atomic mass is 9.39. The Bertz CT molecular complexity index is 792. The van der Waals surface area contributed by atoms with Crippen molar-refractivity contribution in [2.45, 2.75) is 77.3 Å². The van der Waals surface area contributed by atoms with E-state index < -0.39 is 34.3 Å². The highest BCUT2D eigenvalue weighted by Gasteiger charge is 2.72. The number of ether oxygens (including phenoxy) is 3. The fourth-order valence-electron chi connectivity index (χ4n) is 7.45. The number of rotatable bonds is 3. The summed E-state index contributed by atoms with van der Waals surface area (Å²) in [5.41, 5.74) is -1.91. The van der Waals surface area contributed by atoms with E-state index in [4.69, 9.17) is 14.2 Å². The van der Waals surface area contributed by atoms with Crippen LogP contribution in [0.25, 0.3) is 0 Å². The van der Waals surface area contributed by atoms with Crippen LogP contribution in [0.1, 0.15) is 59.8 Å². The van der Waals surface area contributed by atoms with E-state index in [2.05, 4.69) is 6.92 Å². The van der Waals surface area contributed by atoms with Crippen LogP contribution in [-0.4, -0.2) is 53.4 Å². The third-order valence-corrected chi connectivity index (χ3v) is 9.23. The molecule has 0 radical (unpaired) electrons. The van der Waals surface area contributed by atoms with E-state index in [0.29, 0.717) is 25.7 Å². The van der Waals surface area contributed by atoms with Crippen molar-refractivity contribution in [2.24, 2.45) is 28.6 Å². The number of fused-ring (bicyclic) bond motifs is 4. The molecule has 0 saturated heterocycles. The van der Waals surface area contributed by atoms with Crippen LogP contribution < -0.4 is 0 Å². The predicted octanol–water partition coefficient (Wildman–Crippen LogP) is 2.34. The first-order valence-electron chi connectivity index (χ1n) is 11.0. The van der Waals surface area contributed by atoms with E-state index in [1.54, 1.807) is 13.2 Å². The molecule has 0 aromatic carbocycles. The maximum absolute atomic E-state index is 12.2. The lowest BCUT2D eigenvalue weighted by Crippen LogP contribution is -2.73. The van der Waals surface area contributed by atoms with Gasteiger partial charge in [0.05, 0.1) is 12.2 Å². The summed E-state index contributed by atoms with van der Waals surface area (Å²) in [6, 6.07) is 0. The number of hydrogen-bond donors (Lipinski definition) is 2. The van der Waals surface area contributed by atoms with Gasteiger partial charge < -0.3 is 24.4 Å². The van der Waals surface area contributed by atoms with Crippen molar-refractivity contribution in [2.75, 3.05) is 13.7 Å². The summed E-state index contributed by atoms with van der Waals surface area (Å²) < 4.78 is 17.3. The van der Waals surface area contributed by atoms with Gasteiger partial charge in [0, 0.05) is 42.9 Å². The summed E-state index contributed by atoms with van der Waals surface area (Å²) in [7, 11) is 1.54. The molecular formula is C23H34O7. The fraction of sp³-hybridized carbons (Fsp3) is 0.826. The van der Waals surface area contributed by atoms with Gasteiger partial charge in [-0.3, -0.25) is 4.79 Å². The third kappa shape index (κ3) is 2.55.